The van der Waals surface area contributed by atoms with Crippen molar-refractivity contribution in [1.82, 2.24) is 0 Å². The summed E-state index contributed by atoms with van der Waals surface area (Å²) >= 11 is 0. The van der Waals surface area contributed by atoms with Crippen molar-refractivity contribution in [1.29, 1.82) is 0 Å². The molecular weight excluding hydrogens is 326 g/mol. The van der Waals surface area contributed by atoms with Crippen LogP contribution in [0.25, 0.3) is 0 Å². The van der Waals surface area contributed by atoms with Crippen molar-refractivity contribution in [2.24, 2.45) is 5.73 Å². The Morgan fingerprint density at radius 1 is 0.731 bits per heavy atom. The normalized spacial score (nSPS) is 11.1. The van der Waals surface area contributed by atoms with E-state index in [4.69, 9.17) is 15.9 Å². The molecule has 0 saturated heterocycles. The Morgan fingerprint density at radius 3 is 1.23 bits per heavy atom. The molecule has 0 saturated carbocycles. The Kier molecular flexibility index (Phi) is 22.0. The average molecular weight is 374 g/mol. The van der Waals surface area contributed by atoms with Crippen molar-refractivity contribution >= 4 is 5.97 Å². The number of aliphatic hydroxyl groups excluding tert-OH is 1. The van der Waals surface area contributed by atoms with Crippen LogP contribution in [0.3, 0.4) is 0 Å². The first-order chi connectivity index (χ1) is 12.3. The van der Waals surface area contributed by atoms with Crippen molar-refractivity contribution in [2.45, 2.75) is 129 Å². The van der Waals surface area contributed by atoms with Crippen molar-refractivity contribution in [3.05, 3.63) is 0 Å². The van der Waals surface area contributed by atoms with Gasteiger partial charge in [0.25, 0.3) is 0 Å². The molecule has 158 valence electrons. The predicted octanol–water partition coefficient (Wildman–Crippen LogP) is 6.05. The summed E-state index contributed by atoms with van der Waals surface area (Å²) < 4.78 is 0. The van der Waals surface area contributed by atoms with E-state index in [0.29, 0.717) is 6.42 Å². The molecule has 26 heavy (non-hydrogen) atoms. The van der Waals surface area contributed by atoms with Crippen LogP contribution in [0.4, 0.5) is 0 Å². The zero-order valence-corrected chi connectivity index (χ0v) is 17.9. The third-order valence-electron chi connectivity index (χ3n) is 4.40. The van der Waals surface area contributed by atoms with Gasteiger partial charge in [0.1, 0.15) is 0 Å². The quantitative estimate of drug-likeness (QED) is 0.271. The molecule has 0 heterocycles. The van der Waals surface area contributed by atoms with Crippen molar-refractivity contribution in [3.8, 4) is 0 Å². The van der Waals surface area contributed by atoms with E-state index in [1.165, 1.54) is 83.5 Å². The molecule has 0 aliphatic rings. The van der Waals surface area contributed by atoms with Crippen LogP contribution in [0.2, 0.25) is 0 Å². The first-order valence-electron chi connectivity index (χ1n) is 10.9. The molecule has 0 spiro atoms. The second-order valence-corrected chi connectivity index (χ2v) is 8.24. The highest BCUT2D eigenvalue weighted by atomic mass is 16.4. The van der Waals surface area contributed by atoms with Gasteiger partial charge in [-0.2, -0.15) is 0 Å². The SMILES string of the molecule is CC(C)(N)CO.CCCCCCCCCCCCCCCCCC(=O)O. The second-order valence-electron chi connectivity index (χ2n) is 8.24. The second kappa shape index (κ2) is 20.7. The van der Waals surface area contributed by atoms with Crippen LogP contribution in [-0.2, 0) is 4.79 Å². The molecule has 0 bridgehead atoms. The van der Waals surface area contributed by atoms with Gasteiger partial charge >= 0.3 is 5.97 Å². The summed E-state index contributed by atoms with van der Waals surface area (Å²) in [5, 5.41) is 16.8. The Morgan fingerprint density at radius 2 is 1.00 bits per heavy atom. The monoisotopic (exact) mass is 373 g/mol. The van der Waals surface area contributed by atoms with Crippen LogP contribution < -0.4 is 5.73 Å². The lowest BCUT2D eigenvalue weighted by atomic mass is 10.0. The van der Waals surface area contributed by atoms with Gasteiger partial charge in [-0.15, -0.1) is 0 Å². The highest BCUT2D eigenvalue weighted by molar-refractivity contribution is 5.66. The fourth-order valence-electron chi connectivity index (χ4n) is 2.65. The number of unbranched alkanes of at least 4 members (excludes halogenated alkanes) is 14. The molecule has 4 heteroatoms. The summed E-state index contributed by atoms with van der Waals surface area (Å²) in [6, 6.07) is 0. The maximum atomic E-state index is 10.3. The smallest absolute Gasteiger partial charge is 0.303 e. The van der Waals surface area contributed by atoms with Crippen molar-refractivity contribution in [3.63, 3.8) is 0 Å². The minimum absolute atomic E-state index is 0.0486. The van der Waals surface area contributed by atoms with Gasteiger partial charge in [0.2, 0.25) is 0 Å². The van der Waals surface area contributed by atoms with Crippen LogP contribution in [0.5, 0.6) is 0 Å². The maximum Gasteiger partial charge on any atom is 0.303 e. The van der Waals surface area contributed by atoms with Crippen molar-refractivity contribution < 1.29 is 15.0 Å². The van der Waals surface area contributed by atoms with E-state index < -0.39 is 11.5 Å². The molecule has 0 atom stereocenters. The van der Waals surface area contributed by atoms with Gasteiger partial charge < -0.3 is 15.9 Å². The lowest BCUT2D eigenvalue weighted by Crippen LogP contribution is -2.35. The summed E-state index contributed by atoms with van der Waals surface area (Å²) in [4.78, 5) is 10.3. The van der Waals surface area contributed by atoms with Gasteiger partial charge in [-0.1, -0.05) is 96.8 Å². The number of aliphatic carboxylic acids is 1. The number of hydrogen-bond acceptors (Lipinski definition) is 3. The molecule has 0 unspecified atom stereocenters. The van der Waals surface area contributed by atoms with Crippen LogP contribution >= 0.6 is 0 Å². The Bertz CT molecular complexity index is 288. The summed E-state index contributed by atoms with van der Waals surface area (Å²) in [7, 11) is 0. The molecule has 0 radical (unpaired) electrons. The molecule has 4 N–H and O–H groups in total. The number of rotatable bonds is 17. The van der Waals surface area contributed by atoms with Gasteiger partial charge in [-0.3, -0.25) is 4.79 Å². The minimum atomic E-state index is -0.653. The molecule has 0 aromatic heterocycles. The molecule has 0 amide bonds. The van der Waals surface area contributed by atoms with E-state index in [1.807, 2.05) is 0 Å². The standard InChI is InChI=1S/C18H36O2.C4H11NO/c1-2-3-4-5-6-7-8-9-10-11-12-13-14-15-16-17-18(19)20;1-4(2,5)3-6/h2-17H2,1H3,(H,19,20);6H,3,5H2,1-2H3. The lowest BCUT2D eigenvalue weighted by molar-refractivity contribution is -0.137. The Balaban J connectivity index is 0. The molecule has 0 aromatic carbocycles. The van der Waals surface area contributed by atoms with Gasteiger partial charge in [0.05, 0.1) is 6.61 Å². The van der Waals surface area contributed by atoms with E-state index >= 15 is 0 Å². The van der Waals surface area contributed by atoms with Crippen LogP contribution in [0, 0.1) is 0 Å². The van der Waals surface area contributed by atoms with E-state index in [2.05, 4.69) is 6.92 Å². The van der Waals surface area contributed by atoms with E-state index in [-0.39, 0.29) is 6.61 Å². The summed E-state index contributed by atoms with van der Waals surface area (Å²) in [5.74, 6) is -0.653. The van der Waals surface area contributed by atoms with Gasteiger partial charge in [0.15, 0.2) is 0 Å². The Labute approximate surface area is 162 Å². The van der Waals surface area contributed by atoms with E-state index in [0.717, 1.165) is 12.8 Å². The molecule has 0 aromatic rings. The molecule has 0 aliphatic carbocycles. The molecule has 4 nitrogen and oxygen atoms in total. The largest absolute Gasteiger partial charge is 0.481 e. The lowest BCUT2D eigenvalue weighted by Gasteiger charge is -2.12. The van der Waals surface area contributed by atoms with Crippen LogP contribution in [0.1, 0.15) is 124 Å². The van der Waals surface area contributed by atoms with E-state index in [9.17, 15) is 4.79 Å². The number of hydrogen-bond donors (Lipinski definition) is 3. The maximum absolute atomic E-state index is 10.3. The number of aliphatic hydroxyl groups is 1. The Hall–Kier alpha value is -0.610. The van der Waals surface area contributed by atoms with Crippen LogP contribution in [-0.4, -0.2) is 28.3 Å². The third-order valence-corrected chi connectivity index (χ3v) is 4.40. The first kappa shape index (κ1) is 27.6. The highest BCUT2D eigenvalue weighted by Gasteiger charge is 2.05. The van der Waals surface area contributed by atoms with Crippen molar-refractivity contribution in [2.75, 3.05) is 6.61 Å². The fourth-order valence-corrected chi connectivity index (χ4v) is 2.65. The molecule has 0 aliphatic heterocycles. The van der Waals surface area contributed by atoms with E-state index in [1.54, 1.807) is 13.8 Å². The number of carboxylic acids is 1. The zero-order valence-electron chi connectivity index (χ0n) is 17.9. The zero-order chi connectivity index (χ0) is 20.1. The predicted molar refractivity (Wildman–Crippen MR) is 113 cm³/mol. The fraction of sp³-hybridized carbons (Fsp3) is 0.955. The molecular formula is C22H47NO3. The molecule has 0 rings (SSSR count). The highest BCUT2D eigenvalue weighted by Crippen LogP contribution is 2.13. The van der Waals surface area contributed by atoms with Gasteiger partial charge in [-0.25, -0.2) is 0 Å². The number of carboxylic acid groups (broad SMARTS) is 1. The van der Waals surface area contributed by atoms with Gasteiger partial charge in [-0.05, 0) is 20.3 Å². The van der Waals surface area contributed by atoms with Gasteiger partial charge in [0, 0.05) is 12.0 Å². The number of carbonyl (C=O) groups is 1. The third kappa shape index (κ3) is 31.2. The van der Waals surface area contributed by atoms with Crippen LogP contribution in [0.15, 0.2) is 0 Å². The summed E-state index contributed by atoms with van der Waals surface area (Å²) in [5.41, 5.74) is 4.88. The summed E-state index contributed by atoms with van der Waals surface area (Å²) in [6.45, 7) is 5.86. The number of nitrogens with two attached hydrogens (primary N) is 1. The average Bonchev–Trinajstić information content (AvgIpc) is 2.58. The molecule has 0 fully saturated rings. The summed E-state index contributed by atoms with van der Waals surface area (Å²) in [6.07, 6.45) is 20.2. The topological polar surface area (TPSA) is 83.5 Å². The minimum Gasteiger partial charge on any atom is -0.481 e. The first-order valence-corrected chi connectivity index (χ1v) is 10.9.